The second-order valence-electron chi connectivity index (χ2n) is 5.19. The molecule has 3 nitrogen and oxygen atoms in total. The SMILES string of the molecule is COc1c(Br)cc(Br)c2[nH]c(C3CCCC3)cc(=O)c12. The quantitative estimate of drug-likeness (QED) is 0.792. The van der Waals surface area contributed by atoms with Crippen molar-refractivity contribution in [3.05, 3.63) is 37.0 Å². The van der Waals surface area contributed by atoms with Crippen LogP contribution in [-0.2, 0) is 0 Å². The maximum absolute atomic E-state index is 12.5. The lowest BCUT2D eigenvalue weighted by molar-refractivity contribution is 0.417. The molecule has 1 N–H and O–H groups in total. The summed E-state index contributed by atoms with van der Waals surface area (Å²) in [6.07, 6.45) is 4.81. The van der Waals surface area contributed by atoms with Crippen molar-refractivity contribution in [1.82, 2.24) is 4.98 Å². The number of methoxy groups -OCH3 is 1. The van der Waals surface area contributed by atoms with Crippen molar-refractivity contribution in [2.45, 2.75) is 31.6 Å². The van der Waals surface area contributed by atoms with Crippen molar-refractivity contribution in [3.63, 3.8) is 0 Å². The number of ether oxygens (including phenoxy) is 1. The zero-order valence-corrected chi connectivity index (χ0v) is 14.3. The van der Waals surface area contributed by atoms with E-state index in [1.165, 1.54) is 12.8 Å². The smallest absolute Gasteiger partial charge is 0.193 e. The van der Waals surface area contributed by atoms with Gasteiger partial charge in [0.05, 0.1) is 22.5 Å². The number of hydrogen-bond acceptors (Lipinski definition) is 2. The van der Waals surface area contributed by atoms with Gasteiger partial charge in [-0.25, -0.2) is 0 Å². The van der Waals surface area contributed by atoms with E-state index in [4.69, 9.17) is 4.74 Å². The molecule has 1 aromatic carbocycles. The molecule has 1 heterocycles. The Kier molecular flexibility index (Phi) is 3.91. The van der Waals surface area contributed by atoms with E-state index in [9.17, 15) is 4.79 Å². The summed E-state index contributed by atoms with van der Waals surface area (Å²) < 4.78 is 7.02. The molecule has 106 valence electrons. The number of benzene rings is 1. The first-order valence-electron chi connectivity index (χ1n) is 6.70. The lowest BCUT2D eigenvalue weighted by atomic mass is 10.0. The van der Waals surface area contributed by atoms with E-state index in [-0.39, 0.29) is 5.43 Å². The van der Waals surface area contributed by atoms with Crippen LogP contribution in [0.15, 0.2) is 25.9 Å². The van der Waals surface area contributed by atoms with Gasteiger partial charge in [-0.1, -0.05) is 12.8 Å². The predicted molar refractivity (Wildman–Crippen MR) is 87.7 cm³/mol. The van der Waals surface area contributed by atoms with Crippen LogP contribution in [0.3, 0.4) is 0 Å². The van der Waals surface area contributed by atoms with Crippen molar-refractivity contribution in [2.24, 2.45) is 0 Å². The molecular formula is C15H15Br2NO2. The van der Waals surface area contributed by atoms with Crippen molar-refractivity contribution in [1.29, 1.82) is 0 Å². The maximum atomic E-state index is 12.5. The number of aromatic nitrogens is 1. The Morgan fingerprint density at radius 2 is 1.90 bits per heavy atom. The molecule has 3 rings (SSSR count). The van der Waals surface area contributed by atoms with Gasteiger partial charge >= 0.3 is 0 Å². The molecule has 1 aliphatic rings. The standard InChI is InChI=1S/C15H15Br2NO2/c1-20-15-10(17)6-9(16)14-13(15)12(19)7-11(18-14)8-4-2-3-5-8/h6-8H,2-5H2,1H3,(H,18,19). The molecule has 0 radical (unpaired) electrons. The first kappa shape index (κ1) is 14.1. The van der Waals surface area contributed by atoms with Gasteiger partial charge < -0.3 is 9.72 Å². The summed E-state index contributed by atoms with van der Waals surface area (Å²) in [6, 6.07) is 3.65. The molecule has 1 fully saturated rings. The molecule has 0 atom stereocenters. The summed E-state index contributed by atoms with van der Waals surface area (Å²) in [5.41, 5.74) is 1.88. The van der Waals surface area contributed by atoms with E-state index < -0.39 is 0 Å². The van der Waals surface area contributed by atoms with Crippen LogP contribution in [0.4, 0.5) is 0 Å². The van der Waals surface area contributed by atoms with E-state index >= 15 is 0 Å². The summed E-state index contributed by atoms with van der Waals surface area (Å²) in [6.45, 7) is 0. The van der Waals surface area contributed by atoms with Gasteiger partial charge in [-0.3, -0.25) is 4.79 Å². The summed E-state index contributed by atoms with van der Waals surface area (Å²) in [5, 5.41) is 0.593. The Morgan fingerprint density at radius 1 is 1.20 bits per heavy atom. The summed E-state index contributed by atoms with van der Waals surface area (Å²) in [4.78, 5) is 15.9. The second kappa shape index (κ2) is 5.53. The van der Waals surface area contributed by atoms with E-state index in [2.05, 4.69) is 36.8 Å². The highest BCUT2D eigenvalue weighted by Gasteiger charge is 2.21. The average Bonchev–Trinajstić information content (AvgIpc) is 2.94. The topological polar surface area (TPSA) is 42.1 Å². The van der Waals surface area contributed by atoms with Crippen LogP contribution in [0, 0.1) is 0 Å². The van der Waals surface area contributed by atoms with Gasteiger partial charge in [0, 0.05) is 16.2 Å². The highest BCUT2D eigenvalue weighted by molar-refractivity contribution is 9.11. The molecule has 0 amide bonds. The minimum atomic E-state index is 0.0134. The third-order valence-corrected chi connectivity index (χ3v) is 5.20. The molecule has 1 saturated carbocycles. The fraction of sp³-hybridized carbons (Fsp3) is 0.400. The Labute approximate surface area is 134 Å². The zero-order chi connectivity index (χ0) is 14.3. The molecule has 5 heteroatoms. The predicted octanol–water partition coefficient (Wildman–Crippen LogP) is 4.72. The number of pyridine rings is 1. The molecule has 2 aromatic rings. The normalized spacial score (nSPS) is 15.9. The third kappa shape index (κ3) is 2.31. The number of fused-ring (bicyclic) bond motifs is 1. The lowest BCUT2D eigenvalue weighted by Crippen LogP contribution is -2.09. The first-order valence-corrected chi connectivity index (χ1v) is 8.29. The molecule has 20 heavy (non-hydrogen) atoms. The van der Waals surface area contributed by atoms with Gasteiger partial charge in [0.2, 0.25) is 0 Å². The second-order valence-corrected chi connectivity index (χ2v) is 6.90. The molecule has 0 aliphatic heterocycles. The monoisotopic (exact) mass is 399 g/mol. The van der Waals surface area contributed by atoms with Gasteiger partial charge in [0.15, 0.2) is 5.43 Å². The van der Waals surface area contributed by atoms with Crippen LogP contribution in [0.5, 0.6) is 5.75 Å². The van der Waals surface area contributed by atoms with Crippen LogP contribution in [0.25, 0.3) is 10.9 Å². The highest BCUT2D eigenvalue weighted by Crippen LogP contribution is 2.38. The fourth-order valence-corrected chi connectivity index (χ4v) is 4.43. The fourth-order valence-electron chi connectivity index (χ4n) is 3.01. The van der Waals surface area contributed by atoms with Crippen LogP contribution in [0.1, 0.15) is 37.3 Å². The molecular weight excluding hydrogens is 386 g/mol. The van der Waals surface area contributed by atoms with Gasteiger partial charge in [-0.15, -0.1) is 0 Å². The number of aromatic amines is 1. The lowest BCUT2D eigenvalue weighted by Gasteiger charge is -2.14. The number of H-pyrrole nitrogens is 1. The molecule has 0 spiro atoms. The van der Waals surface area contributed by atoms with E-state index in [0.717, 1.165) is 33.0 Å². The molecule has 0 bridgehead atoms. The van der Waals surface area contributed by atoms with Crippen LogP contribution in [0.2, 0.25) is 0 Å². The minimum Gasteiger partial charge on any atom is -0.495 e. The third-order valence-electron chi connectivity index (χ3n) is 3.99. The van der Waals surface area contributed by atoms with Crippen molar-refractivity contribution in [3.8, 4) is 5.75 Å². The number of halogens is 2. The van der Waals surface area contributed by atoms with Gasteiger partial charge in [-0.2, -0.15) is 0 Å². The summed E-state index contributed by atoms with van der Waals surface area (Å²) in [5.74, 6) is 1.07. The Morgan fingerprint density at radius 3 is 2.55 bits per heavy atom. The van der Waals surface area contributed by atoms with E-state index in [1.54, 1.807) is 13.2 Å². The Balaban J connectivity index is 2.29. The molecule has 0 unspecified atom stereocenters. The zero-order valence-electron chi connectivity index (χ0n) is 11.1. The van der Waals surface area contributed by atoms with Crippen molar-refractivity contribution < 1.29 is 4.74 Å². The van der Waals surface area contributed by atoms with Crippen molar-refractivity contribution >= 4 is 42.8 Å². The van der Waals surface area contributed by atoms with E-state index in [1.807, 2.05) is 6.07 Å². The van der Waals surface area contributed by atoms with Crippen LogP contribution < -0.4 is 10.2 Å². The summed E-state index contributed by atoms with van der Waals surface area (Å²) in [7, 11) is 1.58. The molecule has 0 saturated heterocycles. The van der Waals surface area contributed by atoms with Gasteiger partial charge in [0.1, 0.15) is 5.75 Å². The summed E-state index contributed by atoms with van der Waals surface area (Å²) >= 11 is 6.97. The maximum Gasteiger partial charge on any atom is 0.193 e. The molecule has 1 aliphatic carbocycles. The Bertz CT molecular complexity index is 718. The van der Waals surface area contributed by atoms with E-state index in [0.29, 0.717) is 17.1 Å². The van der Waals surface area contributed by atoms with Crippen molar-refractivity contribution in [2.75, 3.05) is 7.11 Å². The van der Waals surface area contributed by atoms with Gasteiger partial charge in [-0.05, 0) is 56.7 Å². The van der Waals surface area contributed by atoms with Crippen LogP contribution in [-0.4, -0.2) is 12.1 Å². The highest BCUT2D eigenvalue weighted by atomic mass is 79.9. The van der Waals surface area contributed by atoms with Crippen LogP contribution >= 0.6 is 31.9 Å². The number of rotatable bonds is 2. The number of hydrogen-bond donors (Lipinski definition) is 1. The average molecular weight is 401 g/mol. The largest absolute Gasteiger partial charge is 0.495 e. The Hall–Kier alpha value is -0.810. The molecule has 1 aromatic heterocycles. The first-order chi connectivity index (χ1) is 9.61. The number of nitrogens with one attached hydrogen (secondary N) is 1. The van der Waals surface area contributed by atoms with Gasteiger partial charge in [0.25, 0.3) is 0 Å². The minimum absolute atomic E-state index is 0.0134.